The largest absolute Gasteiger partial charge is 0.382 e. The molecule has 0 radical (unpaired) electrons. The lowest BCUT2D eigenvalue weighted by Gasteiger charge is -2.30. The van der Waals surface area contributed by atoms with E-state index >= 15 is 0 Å². The van der Waals surface area contributed by atoms with E-state index in [1.807, 2.05) is 54.7 Å². The van der Waals surface area contributed by atoms with Crippen LogP contribution in [0.4, 0.5) is 11.5 Å². The summed E-state index contributed by atoms with van der Waals surface area (Å²) in [5.74, 6) is 0.402. The number of nitrogens with zero attached hydrogens (tertiary/aromatic N) is 2. The average Bonchev–Trinajstić information content (AvgIpc) is 3.42. The van der Waals surface area contributed by atoms with Gasteiger partial charge in [-0.2, -0.15) is 5.10 Å². The molecule has 0 aliphatic carbocycles. The number of aromatic amines is 2. The van der Waals surface area contributed by atoms with Crippen LogP contribution < -0.4 is 10.6 Å². The molecule has 0 atom stereocenters. The van der Waals surface area contributed by atoms with Gasteiger partial charge >= 0.3 is 0 Å². The minimum absolute atomic E-state index is 0.167. The van der Waals surface area contributed by atoms with Crippen LogP contribution in [0.25, 0.3) is 22.2 Å². The summed E-state index contributed by atoms with van der Waals surface area (Å²) >= 11 is 0. The van der Waals surface area contributed by atoms with Crippen LogP contribution >= 0.6 is 0 Å². The molecule has 31 heavy (non-hydrogen) atoms. The van der Waals surface area contributed by atoms with Gasteiger partial charge in [0.25, 0.3) is 5.91 Å². The topological polar surface area (TPSA) is 88.8 Å². The first-order valence-electron chi connectivity index (χ1n) is 10.6. The Morgan fingerprint density at radius 1 is 1.10 bits per heavy atom. The lowest BCUT2D eigenvalue weighted by atomic mass is 10.0. The summed E-state index contributed by atoms with van der Waals surface area (Å²) in [6.45, 7) is 2.23. The third kappa shape index (κ3) is 4.18. The van der Waals surface area contributed by atoms with Crippen molar-refractivity contribution in [2.75, 3.05) is 30.8 Å². The molecule has 2 aromatic carbocycles. The number of carbonyl (C=O) groups excluding carboxylic acids is 1. The highest BCUT2D eigenvalue weighted by molar-refractivity contribution is 6.04. The number of H-pyrrole nitrogens is 2. The number of nitrogens with one attached hydrogen (secondary N) is 4. The highest BCUT2D eigenvalue weighted by Crippen LogP contribution is 2.28. The third-order valence-corrected chi connectivity index (χ3v) is 5.93. The van der Waals surface area contributed by atoms with Crippen molar-refractivity contribution in [1.82, 2.24) is 20.1 Å². The van der Waals surface area contributed by atoms with Gasteiger partial charge in [0.1, 0.15) is 5.82 Å². The predicted octanol–water partition coefficient (Wildman–Crippen LogP) is 4.32. The molecule has 3 heterocycles. The van der Waals surface area contributed by atoms with E-state index in [1.54, 1.807) is 0 Å². The van der Waals surface area contributed by atoms with E-state index < -0.39 is 0 Å². The van der Waals surface area contributed by atoms with Gasteiger partial charge < -0.3 is 20.5 Å². The van der Waals surface area contributed by atoms with E-state index in [0.29, 0.717) is 17.4 Å². The summed E-state index contributed by atoms with van der Waals surface area (Å²) in [7, 11) is 2.16. The predicted molar refractivity (Wildman–Crippen MR) is 124 cm³/mol. The number of piperidine rings is 1. The van der Waals surface area contributed by atoms with Gasteiger partial charge in [0, 0.05) is 46.0 Å². The fraction of sp³-hybridized carbons (Fsp3) is 0.250. The lowest BCUT2D eigenvalue weighted by Crippen LogP contribution is -2.36. The summed E-state index contributed by atoms with van der Waals surface area (Å²) in [5.41, 5.74) is 4.49. The molecule has 0 unspecified atom stereocenters. The van der Waals surface area contributed by atoms with E-state index in [9.17, 15) is 4.79 Å². The zero-order valence-corrected chi connectivity index (χ0v) is 17.5. The van der Waals surface area contributed by atoms with E-state index in [1.165, 1.54) is 0 Å². The van der Waals surface area contributed by atoms with Gasteiger partial charge in [0.05, 0.1) is 5.69 Å². The molecule has 1 aliphatic rings. The number of hydrogen-bond acceptors (Lipinski definition) is 4. The van der Waals surface area contributed by atoms with Gasteiger partial charge in [-0.15, -0.1) is 0 Å². The Morgan fingerprint density at radius 3 is 2.68 bits per heavy atom. The van der Waals surface area contributed by atoms with Crippen molar-refractivity contribution in [3.63, 3.8) is 0 Å². The smallest absolute Gasteiger partial charge is 0.256 e. The van der Waals surface area contributed by atoms with Crippen molar-refractivity contribution in [2.45, 2.75) is 18.9 Å². The first kappa shape index (κ1) is 19.4. The minimum Gasteiger partial charge on any atom is -0.382 e. The van der Waals surface area contributed by atoms with Crippen LogP contribution in [0, 0.1) is 0 Å². The average molecular weight is 415 g/mol. The summed E-state index contributed by atoms with van der Waals surface area (Å²) in [6, 6.07) is 18.1. The van der Waals surface area contributed by atoms with E-state index in [-0.39, 0.29) is 5.91 Å². The minimum atomic E-state index is -0.167. The summed E-state index contributed by atoms with van der Waals surface area (Å²) in [6.07, 6.45) is 4.21. The van der Waals surface area contributed by atoms with Gasteiger partial charge in [0.2, 0.25) is 0 Å². The van der Waals surface area contributed by atoms with E-state index in [0.717, 1.165) is 53.8 Å². The van der Waals surface area contributed by atoms with Crippen molar-refractivity contribution in [3.05, 3.63) is 66.4 Å². The zero-order valence-electron chi connectivity index (χ0n) is 17.5. The van der Waals surface area contributed by atoms with Crippen LogP contribution in [0.2, 0.25) is 0 Å². The number of benzene rings is 2. The third-order valence-electron chi connectivity index (χ3n) is 5.93. The monoisotopic (exact) mass is 414 g/mol. The highest BCUT2D eigenvalue weighted by atomic mass is 16.1. The van der Waals surface area contributed by atoms with Crippen LogP contribution in [-0.4, -0.2) is 52.2 Å². The van der Waals surface area contributed by atoms with Crippen LogP contribution in [-0.2, 0) is 0 Å². The maximum Gasteiger partial charge on any atom is 0.256 e. The Balaban J connectivity index is 1.23. The molecule has 158 valence electrons. The SMILES string of the molecule is CN1CCC(Nc2ccc(C(=O)Nc3cc(-c4c[nH]c5ccccc45)n[nH]3)cc2)CC1. The number of hydrogen-bond donors (Lipinski definition) is 4. The summed E-state index contributed by atoms with van der Waals surface area (Å²) < 4.78 is 0. The van der Waals surface area contributed by atoms with Gasteiger partial charge in [-0.05, 0) is 63.3 Å². The second-order valence-corrected chi connectivity index (χ2v) is 8.17. The number of amides is 1. The Kier molecular flexibility index (Phi) is 5.18. The van der Waals surface area contributed by atoms with Crippen molar-refractivity contribution in [3.8, 4) is 11.3 Å². The number of carbonyl (C=O) groups is 1. The van der Waals surface area contributed by atoms with Crippen LogP contribution in [0.1, 0.15) is 23.2 Å². The van der Waals surface area contributed by atoms with Crippen molar-refractivity contribution in [1.29, 1.82) is 0 Å². The van der Waals surface area contributed by atoms with Crippen molar-refractivity contribution in [2.24, 2.45) is 0 Å². The first-order valence-corrected chi connectivity index (χ1v) is 10.6. The molecular weight excluding hydrogens is 388 g/mol. The molecule has 5 rings (SSSR count). The second kappa shape index (κ2) is 8.28. The quantitative estimate of drug-likeness (QED) is 0.392. The van der Waals surface area contributed by atoms with Gasteiger partial charge in [0.15, 0.2) is 0 Å². The Hall–Kier alpha value is -3.58. The molecule has 7 heteroatoms. The molecule has 4 N–H and O–H groups in total. The maximum absolute atomic E-state index is 12.7. The molecule has 1 saturated heterocycles. The molecule has 0 spiro atoms. The number of anilines is 2. The van der Waals surface area contributed by atoms with E-state index in [4.69, 9.17) is 0 Å². The summed E-state index contributed by atoms with van der Waals surface area (Å²) in [5, 5.41) is 14.9. The zero-order chi connectivity index (χ0) is 21.2. The van der Waals surface area contributed by atoms with Crippen molar-refractivity contribution >= 4 is 28.3 Å². The normalized spacial score (nSPS) is 15.3. The standard InChI is InChI=1S/C24H26N6O/c1-30-12-10-18(11-13-30)26-17-8-6-16(7-9-17)24(31)27-23-14-22(28-29-23)20-15-25-21-5-3-2-4-19(20)21/h2-9,14-15,18,25-26H,10-13H2,1H3,(H2,27,28,29,31). The highest BCUT2D eigenvalue weighted by Gasteiger charge is 2.16. The second-order valence-electron chi connectivity index (χ2n) is 8.17. The molecule has 4 aromatic rings. The number of fused-ring (bicyclic) bond motifs is 1. The van der Waals surface area contributed by atoms with Gasteiger partial charge in [-0.3, -0.25) is 9.89 Å². The van der Waals surface area contributed by atoms with Crippen LogP contribution in [0.15, 0.2) is 60.8 Å². The molecule has 1 fully saturated rings. The number of likely N-dealkylation sites (tertiary alicyclic amines) is 1. The molecule has 7 nitrogen and oxygen atoms in total. The molecule has 1 amide bonds. The number of rotatable bonds is 5. The molecule has 2 aromatic heterocycles. The molecular formula is C24H26N6O. The molecule has 0 saturated carbocycles. The maximum atomic E-state index is 12.7. The molecule has 1 aliphatic heterocycles. The number of para-hydroxylation sites is 1. The summed E-state index contributed by atoms with van der Waals surface area (Å²) in [4.78, 5) is 18.3. The Morgan fingerprint density at radius 2 is 1.87 bits per heavy atom. The fourth-order valence-electron chi connectivity index (χ4n) is 4.11. The Labute approximate surface area is 180 Å². The van der Waals surface area contributed by atoms with Gasteiger partial charge in [-0.1, -0.05) is 18.2 Å². The Bertz CT molecular complexity index is 1180. The van der Waals surface area contributed by atoms with Crippen LogP contribution in [0.5, 0.6) is 0 Å². The van der Waals surface area contributed by atoms with Gasteiger partial charge in [-0.25, -0.2) is 0 Å². The fourth-order valence-corrected chi connectivity index (χ4v) is 4.11. The van der Waals surface area contributed by atoms with Crippen molar-refractivity contribution < 1.29 is 4.79 Å². The lowest BCUT2D eigenvalue weighted by molar-refractivity contribution is 0.102. The number of aromatic nitrogens is 3. The first-order chi connectivity index (χ1) is 15.2. The van der Waals surface area contributed by atoms with Crippen LogP contribution in [0.3, 0.4) is 0 Å². The molecule has 0 bridgehead atoms. The van der Waals surface area contributed by atoms with E-state index in [2.05, 4.69) is 43.8 Å².